The van der Waals surface area contributed by atoms with Crippen molar-refractivity contribution in [1.29, 1.82) is 0 Å². The van der Waals surface area contributed by atoms with E-state index in [9.17, 15) is 9.59 Å². The molecular formula is C21H23ClN2O2S. The highest BCUT2D eigenvalue weighted by atomic mass is 35.5. The first-order valence-corrected chi connectivity index (χ1v) is 10.7. The molecule has 1 aliphatic heterocycles. The number of amides is 2. The zero-order chi connectivity index (χ0) is 19.0. The molecule has 142 valence electrons. The first-order chi connectivity index (χ1) is 13.1. The van der Waals surface area contributed by atoms with Gasteiger partial charge in [0.2, 0.25) is 11.8 Å². The van der Waals surface area contributed by atoms with Gasteiger partial charge in [0.15, 0.2) is 0 Å². The number of hydrogen-bond acceptors (Lipinski definition) is 3. The first kappa shape index (κ1) is 18.5. The van der Waals surface area contributed by atoms with Gasteiger partial charge < -0.3 is 9.80 Å². The van der Waals surface area contributed by atoms with E-state index < -0.39 is 5.38 Å². The van der Waals surface area contributed by atoms with E-state index >= 15 is 0 Å². The Balaban J connectivity index is 1.61. The topological polar surface area (TPSA) is 40.6 Å². The monoisotopic (exact) mass is 402 g/mol. The minimum atomic E-state index is -0.604. The van der Waals surface area contributed by atoms with Crippen LogP contribution in [0.5, 0.6) is 0 Å². The van der Waals surface area contributed by atoms with Gasteiger partial charge in [-0.25, -0.2) is 0 Å². The normalized spacial score (nSPS) is 20.1. The third-order valence-corrected chi connectivity index (χ3v) is 6.50. The number of carbonyl (C=O) groups excluding carboxylic acids is 2. The maximum atomic E-state index is 13.3. The van der Waals surface area contributed by atoms with Gasteiger partial charge >= 0.3 is 0 Å². The van der Waals surface area contributed by atoms with E-state index in [4.69, 9.17) is 11.6 Å². The zero-order valence-corrected chi connectivity index (χ0v) is 16.9. The SMILES string of the molecule is C[C@H](Cl)C(=O)N(CC(=O)N1CCc2sccc2[C@@H]1c1ccccc1)C1CC1. The number of alkyl halides is 1. The number of nitrogens with zero attached hydrogens (tertiary/aromatic N) is 2. The molecule has 1 aromatic carbocycles. The van der Waals surface area contributed by atoms with E-state index in [1.807, 2.05) is 23.1 Å². The number of hydrogen-bond donors (Lipinski definition) is 0. The molecule has 1 aliphatic carbocycles. The summed E-state index contributed by atoms with van der Waals surface area (Å²) in [5.74, 6) is -0.143. The molecule has 1 aromatic heterocycles. The van der Waals surface area contributed by atoms with E-state index in [0.29, 0.717) is 6.54 Å². The molecule has 0 N–H and O–H groups in total. The minimum absolute atomic E-state index is 0.00160. The number of benzene rings is 1. The average molecular weight is 403 g/mol. The molecule has 2 amide bonds. The maximum Gasteiger partial charge on any atom is 0.243 e. The lowest BCUT2D eigenvalue weighted by Gasteiger charge is -2.37. The van der Waals surface area contributed by atoms with Gasteiger partial charge in [-0.2, -0.15) is 0 Å². The third kappa shape index (κ3) is 3.76. The molecule has 0 unspecified atom stereocenters. The van der Waals surface area contributed by atoms with Gasteiger partial charge in [0.05, 0.1) is 6.04 Å². The summed E-state index contributed by atoms with van der Waals surface area (Å²) in [6.45, 7) is 2.47. The van der Waals surface area contributed by atoms with Crippen molar-refractivity contribution in [3.63, 3.8) is 0 Å². The van der Waals surface area contributed by atoms with Crippen molar-refractivity contribution in [1.82, 2.24) is 9.80 Å². The summed E-state index contributed by atoms with van der Waals surface area (Å²) < 4.78 is 0. The van der Waals surface area contributed by atoms with Crippen LogP contribution in [-0.4, -0.2) is 46.1 Å². The Kier molecular flexibility index (Phi) is 5.24. The largest absolute Gasteiger partial charge is 0.330 e. The number of rotatable bonds is 5. The lowest BCUT2D eigenvalue weighted by molar-refractivity contribution is -0.141. The van der Waals surface area contributed by atoms with Crippen LogP contribution in [-0.2, 0) is 16.0 Å². The van der Waals surface area contributed by atoms with Crippen LogP contribution >= 0.6 is 22.9 Å². The quantitative estimate of drug-likeness (QED) is 0.713. The van der Waals surface area contributed by atoms with Crippen LogP contribution in [0.25, 0.3) is 0 Å². The second kappa shape index (κ2) is 7.64. The van der Waals surface area contributed by atoms with Gasteiger partial charge in [-0.1, -0.05) is 30.3 Å². The molecule has 1 fully saturated rings. The maximum absolute atomic E-state index is 13.3. The predicted molar refractivity (Wildman–Crippen MR) is 108 cm³/mol. The minimum Gasteiger partial charge on any atom is -0.330 e. The average Bonchev–Trinajstić information content (AvgIpc) is 3.41. The van der Waals surface area contributed by atoms with Crippen molar-refractivity contribution >= 4 is 34.8 Å². The van der Waals surface area contributed by atoms with Crippen molar-refractivity contribution in [3.8, 4) is 0 Å². The molecular weight excluding hydrogens is 380 g/mol. The number of fused-ring (bicyclic) bond motifs is 1. The van der Waals surface area contributed by atoms with Crippen LogP contribution in [0.4, 0.5) is 0 Å². The van der Waals surface area contributed by atoms with Crippen LogP contribution in [0.1, 0.15) is 41.8 Å². The molecule has 6 heteroatoms. The Hall–Kier alpha value is -1.85. The van der Waals surface area contributed by atoms with Gasteiger partial charge in [-0.05, 0) is 48.8 Å². The molecule has 2 aromatic rings. The molecule has 1 saturated carbocycles. The standard InChI is InChI=1S/C21H23ClN2O2S/c1-14(22)21(26)24(16-7-8-16)13-19(25)23-11-9-18-17(10-12-27-18)20(23)15-5-3-2-4-6-15/h2-6,10,12,14,16,20H,7-9,11,13H2,1H3/t14-,20-/m0/s1. The number of thiophene rings is 1. The first-order valence-electron chi connectivity index (χ1n) is 9.41. The summed E-state index contributed by atoms with van der Waals surface area (Å²) >= 11 is 7.78. The van der Waals surface area contributed by atoms with E-state index in [-0.39, 0.29) is 30.4 Å². The van der Waals surface area contributed by atoms with Crippen molar-refractivity contribution in [2.75, 3.05) is 13.1 Å². The van der Waals surface area contributed by atoms with E-state index in [0.717, 1.165) is 24.8 Å². The highest BCUT2D eigenvalue weighted by Crippen LogP contribution is 2.38. The summed E-state index contributed by atoms with van der Waals surface area (Å²) in [6.07, 6.45) is 2.78. The van der Waals surface area contributed by atoms with Crippen molar-refractivity contribution in [2.24, 2.45) is 0 Å². The van der Waals surface area contributed by atoms with Crippen LogP contribution in [0.2, 0.25) is 0 Å². The summed E-state index contributed by atoms with van der Waals surface area (Å²) in [6, 6.07) is 12.4. The highest BCUT2D eigenvalue weighted by molar-refractivity contribution is 7.10. The van der Waals surface area contributed by atoms with Gasteiger partial charge in [0, 0.05) is 17.5 Å². The highest BCUT2D eigenvalue weighted by Gasteiger charge is 2.38. The summed E-state index contributed by atoms with van der Waals surface area (Å²) in [5, 5.41) is 1.50. The lowest BCUT2D eigenvalue weighted by Crippen LogP contribution is -2.48. The second-order valence-electron chi connectivity index (χ2n) is 7.26. The Morgan fingerprint density at radius 2 is 2.00 bits per heavy atom. The molecule has 0 spiro atoms. The molecule has 2 heterocycles. The predicted octanol–water partition coefficient (Wildman–Crippen LogP) is 3.84. The second-order valence-corrected chi connectivity index (χ2v) is 8.92. The fourth-order valence-corrected chi connectivity index (χ4v) is 4.85. The Labute approximate surface area is 168 Å². The van der Waals surface area contributed by atoms with Gasteiger partial charge in [0.1, 0.15) is 11.9 Å². The molecule has 2 atom stereocenters. The smallest absolute Gasteiger partial charge is 0.243 e. The fraction of sp³-hybridized carbons (Fsp3) is 0.429. The van der Waals surface area contributed by atoms with Crippen LogP contribution in [0.15, 0.2) is 41.8 Å². The molecule has 4 nitrogen and oxygen atoms in total. The Morgan fingerprint density at radius 3 is 2.67 bits per heavy atom. The van der Waals surface area contributed by atoms with Gasteiger partial charge in [0.25, 0.3) is 0 Å². The van der Waals surface area contributed by atoms with E-state index in [1.54, 1.807) is 23.2 Å². The Morgan fingerprint density at radius 1 is 1.26 bits per heavy atom. The fourth-order valence-electron chi connectivity index (χ4n) is 3.82. The molecule has 0 bridgehead atoms. The number of halogens is 1. The van der Waals surface area contributed by atoms with Crippen molar-refractivity contribution < 1.29 is 9.59 Å². The summed E-state index contributed by atoms with van der Waals surface area (Å²) in [5.41, 5.74) is 2.32. The van der Waals surface area contributed by atoms with Crippen LogP contribution in [0.3, 0.4) is 0 Å². The van der Waals surface area contributed by atoms with Gasteiger partial charge in [-0.15, -0.1) is 22.9 Å². The van der Waals surface area contributed by atoms with Crippen molar-refractivity contribution in [3.05, 3.63) is 57.8 Å². The van der Waals surface area contributed by atoms with Crippen LogP contribution in [0, 0.1) is 0 Å². The third-order valence-electron chi connectivity index (χ3n) is 5.32. The summed E-state index contributed by atoms with van der Waals surface area (Å²) in [7, 11) is 0. The Bertz CT molecular complexity index is 832. The molecule has 4 rings (SSSR count). The molecule has 0 radical (unpaired) electrons. The van der Waals surface area contributed by atoms with Gasteiger partial charge in [-0.3, -0.25) is 9.59 Å². The van der Waals surface area contributed by atoms with Crippen molar-refractivity contribution in [2.45, 2.75) is 43.6 Å². The molecule has 27 heavy (non-hydrogen) atoms. The molecule has 2 aliphatic rings. The van der Waals surface area contributed by atoms with E-state index in [2.05, 4.69) is 23.6 Å². The lowest BCUT2D eigenvalue weighted by atomic mass is 9.93. The number of carbonyl (C=O) groups is 2. The summed E-state index contributed by atoms with van der Waals surface area (Å²) in [4.78, 5) is 30.7. The van der Waals surface area contributed by atoms with E-state index in [1.165, 1.54) is 10.4 Å². The molecule has 0 saturated heterocycles. The zero-order valence-electron chi connectivity index (χ0n) is 15.3. The van der Waals surface area contributed by atoms with Crippen LogP contribution < -0.4 is 0 Å².